The number of hydrogen-bond acceptors (Lipinski definition) is 4. The maximum atomic E-state index is 13.0. The molecule has 1 amide bonds. The van der Waals surface area contributed by atoms with Crippen LogP contribution in [-0.2, 0) is 23.9 Å². The Morgan fingerprint density at radius 2 is 1.74 bits per heavy atom. The Labute approximate surface area is 215 Å². The van der Waals surface area contributed by atoms with Gasteiger partial charge in [-0.1, -0.05) is 69.7 Å². The smallest absolute Gasteiger partial charge is 0.267 e. The molecule has 190 valence electrons. The molecule has 0 saturated heterocycles. The molecule has 2 aromatic carbocycles. The summed E-state index contributed by atoms with van der Waals surface area (Å²) in [5.74, 6) is 0.300. The normalized spacial score (nSPS) is 11.5. The monoisotopic (exact) mass is 517 g/mol. The van der Waals surface area contributed by atoms with Gasteiger partial charge in [-0.25, -0.2) is 17.7 Å². The Balaban J connectivity index is 1.84. The highest BCUT2D eigenvalue weighted by Gasteiger charge is 2.19. The van der Waals surface area contributed by atoms with E-state index < -0.39 is 16.8 Å². The van der Waals surface area contributed by atoms with Gasteiger partial charge in [0, 0.05) is 17.1 Å². The number of hydrogen-bond donors (Lipinski definition) is 1. The number of carbonyl (C=O) groups is 1. The number of rotatable bonds is 13. The largest absolute Gasteiger partial charge is 0.324 e. The van der Waals surface area contributed by atoms with Crippen molar-refractivity contribution in [2.24, 2.45) is 0 Å². The van der Waals surface area contributed by atoms with Gasteiger partial charge in [0.15, 0.2) is 0 Å². The number of amides is 1. The van der Waals surface area contributed by atoms with Crippen molar-refractivity contribution in [3.8, 4) is 0 Å². The van der Waals surface area contributed by atoms with E-state index in [1.54, 1.807) is 18.2 Å². The molecule has 6 nitrogen and oxygen atoms in total. The fraction of sp³-hybridized carbons (Fsp3) is 0.481. The van der Waals surface area contributed by atoms with Crippen molar-refractivity contribution in [2.75, 3.05) is 6.54 Å². The van der Waals surface area contributed by atoms with Crippen molar-refractivity contribution in [1.29, 1.82) is 0 Å². The van der Waals surface area contributed by atoms with Gasteiger partial charge in [0.05, 0.1) is 17.6 Å². The molecule has 3 rings (SSSR count). The first-order valence-electron chi connectivity index (χ1n) is 12.6. The molecule has 0 atom stereocenters. The Morgan fingerprint density at radius 1 is 1.00 bits per heavy atom. The molecule has 0 spiro atoms. The number of halogens is 1. The van der Waals surface area contributed by atoms with Crippen LogP contribution in [0.3, 0.4) is 0 Å². The standard InChI is InChI=1S/C27H36ClN3O3S/c1-4-6-8-9-11-21-12-13-23(24(28)17-21)19-30-20(3)29-25-15-14-22(18-26(25)30)27(32)31(35(33)34)16-10-7-5-2/h12-15,17-18,35H,4-11,16,19H2,1-3H3. The summed E-state index contributed by atoms with van der Waals surface area (Å²) in [6, 6.07) is 11.4. The predicted octanol–water partition coefficient (Wildman–Crippen LogP) is 6.33. The van der Waals surface area contributed by atoms with E-state index in [-0.39, 0.29) is 6.54 Å². The highest BCUT2D eigenvalue weighted by molar-refractivity contribution is 7.70. The van der Waals surface area contributed by atoms with Crippen LogP contribution in [0.2, 0.25) is 5.02 Å². The number of aryl methyl sites for hydroxylation is 2. The molecule has 1 aromatic heterocycles. The van der Waals surface area contributed by atoms with Crippen LogP contribution in [0, 0.1) is 6.92 Å². The van der Waals surface area contributed by atoms with E-state index >= 15 is 0 Å². The Bertz CT molecular complexity index is 1230. The lowest BCUT2D eigenvalue weighted by atomic mass is 10.0. The van der Waals surface area contributed by atoms with E-state index in [0.717, 1.165) is 57.4 Å². The molecular weight excluding hydrogens is 482 g/mol. The molecule has 8 heteroatoms. The summed E-state index contributed by atoms with van der Waals surface area (Å²) in [4.78, 5) is 17.6. The summed E-state index contributed by atoms with van der Waals surface area (Å²) in [7, 11) is -3.00. The third-order valence-electron chi connectivity index (χ3n) is 6.36. The number of unbranched alkanes of at least 4 members (excludes halogenated alkanes) is 5. The van der Waals surface area contributed by atoms with Gasteiger partial charge < -0.3 is 4.57 Å². The van der Waals surface area contributed by atoms with Gasteiger partial charge >= 0.3 is 0 Å². The number of benzene rings is 2. The van der Waals surface area contributed by atoms with E-state index in [9.17, 15) is 13.2 Å². The quantitative estimate of drug-likeness (QED) is 0.212. The van der Waals surface area contributed by atoms with Crippen LogP contribution >= 0.6 is 11.6 Å². The lowest BCUT2D eigenvalue weighted by molar-refractivity contribution is 0.0863. The topological polar surface area (TPSA) is 72.3 Å². The van der Waals surface area contributed by atoms with Gasteiger partial charge in [-0.05, 0) is 61.6 Å². The van der Waals surface area contributed by atoms with Crippen molar-refractivity contribution in [3.63, 3.8) is 0 Å². The molecule has 0 aliphatic rings. The second kappa shape index (κ2) is 13.1. The van der Waals surface area contributed by atoms with E-state index in [0.29, 0.717) is 18.5 Å². The number of imidazole rings is 1. The zero-order valence-corrected chi connectivity index (χ0v) is 22.6. The highest BCUT2D eigenvalue weighted by atomic mass is 35.5. The summed E-state index contributed by atoms with van der Waals surface area (Å²) >= 11 is 6.65. The minimum absolute atomic E-state index is 0.197. The number of thiol groups is 1. The summed E-state index contributed by atoms with van der Waals surface area (Å²) in [6.45, 7) is 6.88. The van der Waals surface area contributed by atoms with Crippen molar-refractivity contribution >= 4 is 39.4 Å². The van der Waals surface area contributed by atoms with Crippen LogP contribution < -0.4 is 0 Å². The molecule has 0 aliphatic carbocycles. The minimum atomic E-state index is -3.00. The maximum absolute atomic E-state index is 13.0. The molecule has 0 bridgehead atoms. The van der Waals surface area contributed by atoms with Gasteiger partial charge in [-0.3, -0.25) is 4.79 Å². The average molecular weight is 518 g/mol. The molecular formula is C27H36ClN3O3S. The van der Waals surface area contributed by atoms with Crippen molar-refractivity contribution < 1.29 is 13.2 Å². The third-order valence-corrected chi connectivity index (χ3v) is 7.48. The minimum Gasteiger partial charge on any atom is -0.324 e. The molecule has 0 saturated carbocycles. The summed E-state index contributed by atoms with van der Waals surface area (Å²) in [5.41, 5.74) is 4.09. The van der Waals surface area contributed by atoms with E-state index in [1.165, 1.54) is 24.8 Å². The zero-order chi connectivity index (χ0) is 25.4. The van der Waals surface area contributed by atoms with Crippen LogP contribution in [0.15, 0.2) is 36.4 Å². The van der Waals surface area contributed by atoms with Gasteiger partial charge in [-0.2, -0.15) is 0 Å². The molecule has 0 unspecified atom stereocenters. The Morgan fingerprint density at radius 3 is 2.43 bits per heavy atom. The summed E-state index contributed by atoms with van der Waals surface area (Å²) < 4.78 is 26.5. The van der Waals surface area contributed by atoms with E-state index in [4.69, 9.17) is 11.6 Å². The lowest BCUT2D eigenvalue weighted by Crippen LogP contribution is -2.30. The second-order valence-corrected chi connectivity index (χ2v) is 10.4. The third kappa shape index (κ3) is 7.07. The number of aromatic nitrogens is 2. The molecule has 0 N–H and O–H groups in total. The van der Waals surface area contributed by atoms with Crippen molar-refractivity contribution in [2.45, 2.75) is 78.7 Å². The summed E-state index contributed by atoms with van der Waals surface area (Å²) in [5, 5.41) is 0.719. The second-order valence-electron chi connectivity index (χ2n) is 9.06. The first kappa shape index (κ1) is 27.2. The number of nitrogens with zero attached hydrogens (tertiary/aromatic N) is 3. The van der Waals surface area contributed by atoms with E-state index in [1.807, 2.05) is 24.5 Å². The van der Waals surface area contributed by atoms with Crippen LogP contribution in [0.5, 0.6) is 0 Å². The van der Waals surface area contributed by atoms with Gasteiger partial charge in [-0.15, -0.1) is 0 Å². The van der Waals surface area contributed by atoms with Gasteiger partial charge in [0.25, 0.3) is 5.91 Å². The lowest BCUT2D eigenvalue weighted by Gasteiger charge is -2.16. The van der Waals surface area contributed by atoms with Gasteiger partial charge in [0.1, 0.15) is 5.82 Å². The van der Waals surface area contributed by atoms with Gasteiger partial charge in [0.2, 0.25) is 10.9 Å². The van der Waals surface area contributed by atoms with Crippen LogP contribution in [0.1, 0.15) is 86.1 Å². The molecule has 3 aromatic rings. The van der Waals surface area contributed by atoms with Crippen molar-refractivity contribution in [1.82, 2.24) is 13.9 Å². The first-order valence-corrected chi connectivity index (χ1v) is 14.1. The van der Waals surface area contributed by atoms with Crippen molar-refractivity contribution in [3.05, 3.63) is 63.9 Å². The molecule has 0 fully saturated rings. The fourth-order valence-corrected chi connectivity index (χ4v) is 5.13. The highest BCUT2D eigenvalue weighted by Crippen LogP contribution is 2.25. The fourth-order valence-electron chi connectivity index (χ4n) is 4.29. The molecule has 0 radical (unpaired) electrons. The Kier molecular flexibility index (Phi) is 10.2. The number of fused-ring (bicyclic) bond motifs is 1. The maximum Gasteiger partial charge on any atom is 0.267 e. The average Bonchev–Trinajstić information content (AvgIpc) is 3.14. The van der Waals surface area contributed by atoms with Crippen LogP contribution in [-0.4, -0.2) is 34.7 Å². The van der Waals surface area contributed by atoms with Crippen LogP contribution in [0.4, 0.5) is 0 Å². The first-order chi connectivity index (χ1) is 16.8. The molecule has 1 heterocycles. The van der Waals surface area contributed by atoms with E-state index in [2.05, 4.69) is 24.0 Å². The Hall–Kier alpha value is -2.38. The summed E-state index contributed by atoms with van der Waals surface area (Å²) in [6.07, 6.45) is 8.36. The molecule has 35 heavy (non-hydrogen) atoms. The van der Waals surface area contributed by atoms with Crippen LogP contribution in [0.25, 0.3) is 11.0 Å². The number of carbonyl (C=O) groups excluding carboxylic acids is 1. The SMILES string of the molecule is CCCCCCc1ccc(Cn2c(C)nc3ccc(C(=O)N(CCCCC)[SH](=O)=O)cc32)c(Cl)c1. The zero-order valence-electron chi connectivity index (χ0n) is 20.9. The predicted molar refractivity (Wildman–Crippen MR) is 144 cm³/mol. The molecule has 0 aliphatic heterocycles.